The molecule has 1 aliphatic rings. The number of aliphatic hydroxyl groups excluding tert-OH is 1. The van der Waals surface area contributed by atoms with Gasteiger partial charge in [-0.3, -0.25) is 19.1 Å². The maximum atomic E-state index is 15.3. The van der Waals surface area contributed by atoms with E-state index in [0.717, 1.165) is 12.3 Å². The maximum Gasteiger partial charge on any atom is 0.330 e. The quantitative estimate of drug-likeness (QED) is 0.376. The summed E-state index contributed by atoms with van der Waals surface area (Å²) >= 11 is 0. The second kappa shape index (κ2) is 6.95. The summed E-state index contributed by atoms with van der Waals surface area (Å²) in [5.74, 6) is -4.63. The summed E-state index contributed by atoms with van der Waals surface area (Å²) in [5, 5.41) is 7.32. The monoisotopic (exact) mass is 375 g/mol. The van der Waals surface area contributed by atoms with Crippen molar-refractivity contribution in [3.05, 3.63) is 33.1 Å². The van der Waals surface area contributed by atoms with Crippen molar-refractivity contribution in [2.75, 3.05) is 0 Å². The largest absolute Gasteiger partial charge is 0.473 e. The van der Waals surface area contributed by atoms with Crippen LogP contribution < -0.4 is 17.0 Å². The number of H-pyrrole nitrogens is 1. The number of esters is 1. The van der Waals surface area contributed by atoms with Crippen LogP contribution in [-0.2, 0) is 19.9 Å². The van der Waals surface area contributed by atoms with E-state index < -0.39 is 52.7 Å². The van der Waals surface area contributed by atoms with Crippen molar-refractivity contribution in [1.82, 2.24) is 9.55 Å². The van der Waals surface area contributed by atoms with Crippen LogP contribution in [0.5, 0.6) is 0 Å². The Morgan fingerprint density at radius 3 is 2.67 bits per heavy atom. The van der Waals surface area contributed by atoms with E-state index in [0.29, 0.717) is 4.57 Å². The molecule has 0 amide bonds. The van der Waals surface area contributed by atoms with E-state index in [2.05, 4.69) is 0 Å². The van der Waals surface area contributed by atoms with Gasteiger partial charge in [-0.25, -0.2) is 9.18 Å². The van der Waals surface area contributed by atoms with Gasteiger partial charge in [-0.2, -0.15) is 0 Å². The first-order chi connectivity index (χ1) is 12.2. The first-order valence-electron chi connectivity index (χ1n) is 7.98. The normalized spacial score (nSPS) is 29.6. The SMILES string of the molecule is [B]C([B])(OC(=O)[C@@H](N)C(C)C)[C@]1(F)C[C@@H](O)[C@]([B])(n2ccc(=O)[nH]c2=O)O1. The van der Waals surface area contributed by atoms with Crippen molar-refractivity contribution in [1.29, 1.82) is 0 Å². The zero-order valence-electron chi connectivity index (χ0n) is 14.7. The average molecular weight is 375 g/mol. The molecule has 27 heavy (non-hydrogen) atoms. The lowest BCUT2D eigenvalue weighted by atomic mass is 9.59. The van der Waals surface area contributed by atoms with Gasteiger partial charge in [-0.15, -0.1) is 0 Å². The Labute approximate surface area is 157 Å². The zero-order valence-corrected chi connectivity index (χ0v) is 14.7. The lowest BCUT2D eigenvalue weighted by Crippen LogP contribution is -2.59. The van der Waals surface area contributed by atoms with Gasteiger partial charge in [-0.1, -0.05) is 13.8 Å². The van der Waals surface area contributed by atoms with E-state index in [-0.39, 0.29) is 5.92 Å². The first kappa shape index (κ1) is 21.5. The fourth-order valence-corrected chi connectivity index (χ4v) is 2.49. The van der Waals surface area contributed by atoms with Crippen LogP contribution in [0.15, 0.2) is 21.9 Å². The van der Waals surface area contributed by atoms with E-state index in [1.165, 1.54) is 0 Å². The Kier molecular flexibility index (Phi) is 5.53. The van der Waals surface area contributed by atoms with E-state index in [4.69, 9.17) is 38.7 Å². The molecule has 2 heterocycles. The summed E-state index contributed by atoms with van der Waals surface area (Å²) in [6.45, 7) is 3.24. The standard InChI is InChI=1S/C14H17B3FN3O6/c1-6(2)9(19)10(24)26-14(16,17)12(18)5-7(22)13(15,27-12)21-4-3-8(23)20-11(21)25/h3-4,6-7,9,22H,5,19H2,1-2H3,(H,20,23,25)/t7-,9+,12+,13+/m1/s1. The Morgan fingerprint density at radius 2 is 2.15 bits per heavy atom. The Hall–Kier alpha value is -1.85. The van der Waals surface area contributed by atoms with Gasteiger partial charge in [0.2, 0.25) is 5.85 Å². The number of carbonyl (C=O) groups is 1. The van der Waals surface area contributed by atoms with Crippen LogP contribution in [0, 0.1) is 5.92 Å². The number of aliphatic hydroxyl groups is 1. The highest BCUT2D eigenvalue weighted by Crippen LogP contribution is 2.45. The lowest BCUT2D eigenvalue weighted by Gasteiger charge is -2.40. The van der Waals surface area contributed by atoms with Crippen LogP contribution in [0.4, 0.5) is 4.39 Å². The van der Waals surface area contributed by atoms with Gasteiger partial charge in [0.1, 0.15) is 35.2 Å². The molecule has 4 atom stereocenters. The number of ether oxygens (including phenoxy) is 2. The molecule has 9 nitrogen and oxygen atoms in total. The number of carbonyl (C=O) groups excluding carboxylic acids is 1. The second-order valence-corrected chi connectivity index (χ2v) is 6.77. The number of nitrogens with zero attached hydrogens (tertiary/aromatic N) is 1. The van der Waals surface area contributed by atoms with Gasteiger partial charge in [0.15, 0.2) is 0 Å². The maximum absolute atomic E-state index is 15.3. The molecule has 2 rings (SSSR count). The molecule has 6 radical (unpaired) electrons. The molecular weight excluding hydrogens is 358 g/mol. The van der Waals surface area contributed by atoms with Gasteiger partial charge in [-0.05, 0) is 5.92 Å². The summed E-state index contributed by atoms with van der Waals surface area (Å²) in [6, 6.07) is -0.236. The van der Waals surface area contributed by atoms with Crippen LogP contribution in [0.3, 0.4) is 0 Å². The third-order valence-corrected chi connectivity index (χ3v) is 4.30. The van der Waals surface area contributed by atoms with E-state index in [1.54, 1.807) is 13.8 Å². The molecule has 4 N–H and O–H groups in total. The van der Waals surface area contributed by atoms with Crippen molar-refractivity contribution < 1.29 is 23.8 Å². The number of aromatic amines is 1. The molecule has 140 valence electrons. The summed E-state index contributed by atoms with van der Waals surface area (Å²) < 4.78 is 25.6. The fraction of sp³-hybridized carbons (Fsp3) is 0.643. The molecule has 0 aromatic carbocycles. The predicted octanol–water partition coefficient (Wildman–Crippen LogP) is -2.72. The summed E-state index contributed by atoms with van der Waals surface area (Å²) in [5.41, 5.74) is 1.31. The van der Waals surface area contributed by atoms with Crippen LogP contribution in [0.1, 0.15) is 20.3 Å². The highest BCUT2D eigenvalue weighted by Gasteiger charge is 2.62. The number of halogens is 1. The predicted molar refractivity (Wildman–Crippen MR) is 93.7 cm³/mol. The third-order valence-electron chi connectivity index (χ3n) is 4.30. The van der Waals surface area contributed by atoms with Crippen molar-refractivity contribution in [2.45, 2.75) is 49.3 Å². The topological polar surface area (TPSA) is 137 Å². The molecule has 0 bridgehead atoms. The Balaban J connectivity index is 2.35. The summed E-state index contributed by atoms with van der Waals surface area (Å²) in [4.78, 5) is 37.0. The molecule has 0 unspecified atom stereocenters. The van der Waals surface area contributed by atoms with Gasteiger partial charge >= 0.3 is 11.7 Å². The van der Waals surface area contributed by atoms with Crippen molar-refractivity contribution in [2.24, 2.45) is 11.7 Å². The summed E-state index contributed by atoms with van der Waals surface area (Å²) in [6.07, 6.45) is -1.88. The minimum Gasteiger partial charge on any atom is -0.473 e. The van der Waals surface area contributed by atoms with Gasteiger partial charge in [0, 0.05) is 18.7 Å². The second-order valence-electron chi connectivity index (χ2n) is 6.77. The molecular formula is C14H17B3FN3O6. The molecule has 1 fully saturated rings. The van der Waals surface area contributed by atoms with Crippen LogP contribution in [0.2, 0.25) is 0 Å². The number of nitrogens with one attached hydrogen (secondary N) is 1. The molecule has 0 aliphatic carbocycles. The van der Waals surface area contributed by atoms with Crippen molar-refractivity contribution in [3.63, 3.8) is 0 Å². The fourth-order valence-electron chi connectivity index (χ4n) is 2.49. The number of alkyl halides is 1. The Bertz CT molecular complexity index is 846. The zero-order chi connectivity index (χ0) is 20.8. The molecule has 1 aromatic heterocycles. The number of aromatic nitrogens is 2. The number of hydrogen-bond donors (Lipinski definition) is 3. The van der Waals surface area contributed by atoms with Crippen LogP contribution in [-0.4, -0.2) is 67.6 Å². The summed E-state index contributed by atoms with van der Waals surface area (Å²) in [7, 11) is 17.0. The van der Waals surface area contributed by atoms with Crippen LogP contribution in [0.25, 0.3) is 0 Å². The molecule has 1 saturated heterocycles. The minimum absolute atomic E-state index is 0.354. The van der Waals surface area contributed by atoms with Crippen molar-refractivity contribution >= 4 is 29.5 Å². The number of hydrogen-bond acceptors (Lipinski definition) is 7. The third kappa shape index (κ3) is 3.76. The number of rotatable bonds is 5. The number of nitrogens with two attached hydrogens (primary N) is 1. The molecule has 0 saturated carbocycles. The minimum atomic E-state index is -3.18. The van der Waals surface area contributed by atoms with Gasteiger partial charge < -0.3 is 20.3 Å². The van der Waals surface area contributed by atoms with E-state index >= 15 is 4.39 Å². The lowest BCUT2D eigenvalue weighted by molar-refractivity contribution is -0.232. The van der Waals surface area contributed by atoms with Crippen LogP contribution >= 0.6 is 0 Å². The highest BCUT2D eigenvalue weighted by molar-refractivity contribution is 6.40. The van der Waals surface area contributed by atoms with E-state index in [1.807, 2.05) is 4.98 Å². The molecule has 13 heteroatoms. The first-order valence-corrected chi connectivity index (χ1v) is 7.98. The average Bonchev–Trinajstić information content (AvgIpc) is 2.77. The molecule has 1 aromatic rings. The van der Waals surface area contributed by atoms with Crippen molar-refractivity contribution in [3.8, 4) is 0 Å². The van der Waals surface area contributed by atoms with E-state index in [9.17, 15) is 19.5 Å². The smallest absolute Gasteiger partial charge is 0.330 e. The highest BCUT2D eigenvalue weighted by atomic mass is 19.2. The Morgan fingerprint density at radius 1 is 1.56 bits per heavy atom. The molecule has 0 spiro atoms. The van der Waals surface area contributed by atoms with Gasteiger partial charge in [0.25, 0.3) is 5.56 Å². The molecule has 1 aliphatic heterocycles. The van der Waals surface area contributed by atoms with Gasteiger partial charge in [0.05, 0.1) is 11.5 Å².